The summed E-state index contributed by atoms with van der Waals surface area (Å²) in [6, 6.07) is 12.1. The van der Waals surface area contributed by atoms with E-state index in [-0.39, 0.29) is 25.1 Å². The van der Waals surface area contributed by atoms with Gasteiger partial charge in [-0.05, 0) is 44.6 Å². The van der Waals surface area contributed by atoms with Gasteiger partial charge in [-0.15, -0.1) is 0 Å². The molecule has 0 spiro atoms. The third-order valence-corrected chi connectivity index (χ3v) is 4.76. The molecular weight excluding hydrogens is 291 g/mol. The van der Waals surface area contributed by atoms with Gasteiger partial charge in [0.15, 0.2) is 6.79 Å². The van der Waals surface area contributed by atoms with E-state index in [1.165, 1.54) is 0 Å². The van der Waals surface area contributed by atoms with Crippen LogP contribution in [0.25, 0.3) is 10.8 Å². The largest absolute Gasteiger partial charge is 0.495 e. The van der Waals surface area contributed by atoms with E-state index in [0.29, 0.717) is 0 Å². The first-order valence-corrected chi connectivity index (χ1v) is 7.85. The zero-order valence-electron chi connectivity index (χ0n) is 14.4. The highest BCUT2D eigenvalue weighted by atomic mass is 16.7. The van der Waals surface area contributed by atoms with Crippen molar-refractivity contribution in [3.8, 4) is 5.75 Å². The van der Waals surface area contributed by atoms with E-state index in [4.69, 9.17) is 18.8 Å². The smallest absolute Gasteiger partial charge is 0.467 e. The number of methoxy groups -OCH3 is 1. The average molecular weight is 314 g/mol. The number of fused-ring (bicyclic) bond motifs is 1. The summed E-state index contributed by atoms with van der Waals surface area (Å²) in [5.41, 5.74) is 0.303. The predicted molar refractivity (Wildman–Crippen MR) is 92.2 cm³/mol. The van der Waals surface area contributed by atoms with Gasteiger partial charge in [0.05, 0.1) is 11.2 Å². The summed E-state index contributed by atoms with van der Waals surface area (Å²) in [4.78, 5) is 0. The van der Waals surface area contributed by atoms with E-state index < -0.39 is 0 Å². The van der Waals surface area contributed by atoms with Crippen molar-refractivity contribution in [3.63, 3.8) is 0 Å². The van der Waals surface area contributed by atoms with Crippen LogP contribution in [0.4, 0.5) is 0 Å². The maximum Gasteiger partial charge on any atom is 0.495 e. The Bertz CT molecular complexity index is 695. The van der Waals surface area contributed by atoms with Crippen molar-refractivity contribution >= 4 is 23.4 Å². The van der Waals surface area contributed by atoms with E-state index in [1.807, 2.05) is 30.3 Å². The Labute approximate surface area is 137 Å². The molecule has 23 heavy (non-hydrogen) atoms. The van der Waals surface area contributed by atoms with Crippen LogP contribution in [0, 0.1) is 0 Å². The van der Waals surface area contributed by atoms with Crippen molar-refractivity contribution in [2.24, 2.45) is 0 Å². The van der Waals surface area contributed by atoms with Gasteiger partial charge < -0.3 is 18.8 Å². The van der Waals surface area contributed by atoms with Crippen LogP contribution in [0.3, 0.4) is 0 Å². The Morgan fingerprint density at radius 2 is 1.52 bits per heavy atom. The summed E-state index contributed by atoms with van der Waals surface area (Å²) in [7, 11) is 1.22. The fraction of sp³-hybridized carbons (Fsp3) is 0.444. The molecule has 3 rings (SSSR count). The molecule has 2 aromatic carbocycles. The minimum Gasteiger partial charge on any atom is -0.467 e. The number of ether oxygens (including phenoxy) is 2. The van der Waals surface area contributed by atoms with Crippen molar-refractivity contribution in [3.05, 3.63) is 36.4 Å². The molecule has 122 valence electrons. The summed E-state index contributed by atoms with van der Waals surface area (Å²) in [6.07, 6.45) is 0. The zero-order valence-corrected chi connectivity index (χ0v) is 14.4. The lowest BCUT2D eigenvalue weighted by atomic mass is 9.76. The monoisotopic (exact) mass is 314 g/mol. The van der Waals surface area contributed by atoms with Crippen LogP contribution < -0.4 is 10.2 Å². The van der Waals surface area contributed by atoms with Gasteiger partial charge in [-0.2, -0.15) is 0 Å². The second-order valence-electron chi connectivity index (χ2n) is 6.84. The molecule has 5 heteroatoms. The SMILES string of the molecule is COCOc1ccc(B2OC(C)(C)C(C)(C)O2)c2ccccc12. The molecule has 1 aliphatic heterocycles. The lowest BCUT2D eigenvalue weighted by Crippen LogP contribution is -2.41. The van der Waals surface area contributed by atoms with Crippen LogP contribution in [0.1, 0.15) is 27.7 Å². The molecule has 0 bridgehead atoms. The van der Waals surface area contributed by atoms with Gasteiger partial charge in [0.25, 0.3) is 0 Å². The van der Waals surface area contributed by atoms with Crippen molar-refractivity contribution in [2.45, 2.75) is 38.9 Å². The Balaban J connectivity index is 2.03. The summed E-state index contributed by atoms with van der Waals surface area (Å²) in [5, 5.41) is 2.09. The first-order chi connectivity index (χ1) is 10.9. The predicted octanol–water partition coefficient (Wildman–Crippen LogP) is 3.12. The summed E-state index contributed by atoms with van der Waals surface area (Å²) in [5.74, 6) is 0.794. The van der Waals surface area contributed by atoms with Gasteiger partial charge >= 0.3 is 7.12 Å². The second kappa shape index (κ2) is 5.82. The summed E-state index contributed by atoms with van der Waals surface area (Å²) in [6.45, 7) is 8.47. The molecule has 0 N–H and O–H groups in total. The van der Waals surface area contributed by atoms with Gasteiger partial charge in [-0.3, -0.25) is 0 Å². The highest BCUT2D eigenvalue weighted by molar-refractivity contribution is 6.65. The minimum atomic E-state index is -0.388. The molecule has 1 aliphatic rings. The molecular formula is C18H23BO4. The molecule has 0 unspecified atom stereocenters. The second-order valence-corrected chi connectivity index (χ2v) is 6.84. The van der Waals surface area contributed by atoms with Crippen LogP contribution >= 0.6 is 0 Å². The fourth-order valence-electron chi connectivity index (χ4n) is 2.72. The molecule has 0 atom stereocenters. The molecule has 4 nitrogen and oxygen atoms in total. The minimum absolute atomic E-state index is 0.222. The Hall–Kier alpha value is -1.56. The van der Waals surface area contributed by atoms with Crippen LogP contribution in [0.15, 0.2) is 36.4 Å². The summed E-state index contributed by atoms with van der Waals surface area (Å²) >= 11 is 0. The number of rotatable bonds is 4. The van der Waals surface area contributed by atoms with Crippen LogP contribution in [-0.2, 0) is 14.0 Å². The normalized spacial score (nSPS) is 19.3. The lowest BCUT2D eigenvalue weighted by Gasteiger charge is -2.32. The highest BCUT2D eigenvalue weighted by Crippen LogP contribution is 2.37. The number of hydrogen-bond acceptors (Lipinski definition) is 4. The first kappa shape index (κ1) is 16.3. The van der Waals surface area contributed by atoms with Crippen LogP contribution in [-0.4, -0.2) is 32.2 Å². The van der Waals surface area contributed by atoms with E-state index in [0.717, 1.165) is 22.0 Å². The van der Waals surface area contributed by atoms with Gasteiger partial charge in [-0.1, -0.05) is 30.3 Å². The highest BCUT2D eigenvalue weighted by Gasteiger charge is 2.52. The molecule has 1 fully saturated rings. The quantitative estimate of drug-likeness (QED) is 0.642. The molecule has 0 aliphatic carbocycles. The van der Waals surface area contributed by atoms with Crippen molar-refractivity contribution in [1.29, 1.82) is 0 Å². The molecule has 1 saturated heterocycles. The third-order valence-electron chi connectivity index (χ3n) is 4.76. The molecule has 1 heterocycles. The van der Waals surface area contributed by atoms with Gasteiger partial charge in [0, 0.05) is 12.5 Å². The molecule has 0 amide bonds. The topological polar surface area (TPSA) is 36.9 Å². The number of benzene rings is 2. The zero-order chi connectivity index (χ0) is 16.7. The van der Waals surface area contributed by atoms with Crippen molar-refractivity contribution < 1.29 is 18.8 Å². The van der Waals surface area contributed by atoms with Crippen molar-refractivity contribution in [2.75, 3.05) is 13.9 Å². The Kier molecular flexibility index (Phi) is 4.13. The van der Waals surface area contributed by atoms with Gasteiger partial charge in [-0.25, -0.2) is 0 Å². The van der Waals surface area contributed by atoms with Crippen LogP contribution in [0.2, 0.25) is 0 Å². The third kappa shape index (κ3) is 2.85. The average Bonchev–Trinajstić information content (AvgIpc) is 2.72. The van der Waals surface area contributed by atoms with E-state index in [1.54, 1.807) is 7.11 Å². The summed E-state index contributed by atoms with van der Waals surface area (Å²) < 4.78 is 23.1. The standard InChI is InChI=1S/C18H23BO4/c1-17(2)18(3,4)23-19(22-17)15-10-11-16(21-12-20-5)14-9-7-6-8-13(14)15/h6-11H,12H2,1-5H3. The molecule has 0 radical (unpaired) electrons. The maximum atomic E-state index is 6.19. The molecule has 2 aromatic rings. The first-order valence-electron chi connectivity index (χ1n) is 7.85. The fourth-order valence-corrected chi connectivity index (χ4v) is 2.72. The van der Waals surface area contributed by atoms with Crippen LogP contribution in [0.5, 0.6) is 5.75 Å². The molecule has 0 saturated carbocycles. The van der Waals surface area contributed by atoms with E-state index in [9.17, 15) is 0 Å². The maximum absolute atomic E-state index is 6.19. The Morgan fingerprint density at radius 3 is 2.13 bits per heavy atom. The number of hydrogen-bond donors (Lipinski definition) is 0. The van der Waals surface area contributed by atoms with E-state index >= 15 is 0 Å². The lowest BCUT2D eigenvalue weighted by molar-refractivity contribution is 0.00578. The molecule has 0 aromatic heterocycles. The van der Waals surface area contributed by atoms with Crippen molar-refractivity contribution in [1.82, 2.24) is 0 Å². The Morgan fingerprint density at radius 1 is 0.913 bits per heavy atom. The van der Waals surface area contributed by atoms with Gasteiger partial charge in [0.1, 0.15) is 5.75 Å². The van der Waals surface area contributed by atoms with E-state index in [2.05, 4.69) is 33.8 Å². The van der Waals surface area contributed by atoms with Gasteiger partial charge in [0.2, 0.25) is 0 Å².